The second-order valence-electron chi connectivity index (χ2n) is 6.43. The second-order valence-corrected chi connectivity index (χ2v) is 6.43. The van der Waals surface area contributed by atoms with Gasteiger partial charge in [0.1, 0.15) is 11.8 Å². The van der Waals surface area contributed by atoms with E-state index in [0.717, 1.165) is 23.3 Å². The molecule has 1 aliphatic heterocycles. The lowest BCUT2D eigenvalue weighted by molar-refractivity contribution is 0.340. The molecule has 1 fully saturated rings. The second kappa shape index (κ2) is 7.87. The van der Waals surface area contributed by atoms with Gasteiger partial charge in [-0.15, -0.1) is 0 Å². The van der Waals surface area contributed by atoms with Gasteiger partial charge >= 0.3 is 0 Å². The lowest BCUT2D eigenvalue weighted by Crippen LogP contribution is -2.26. The summed E-state index contributed by atoms with van der Waals surface area (Å²) >= 11 is 0. The number of methoxy groups -OCH3 is 3. The van der Waals surface area contributed by atoms with Crippen molar-refractivity contribution in [1.82, 2.24) is 21.0 Å². The SMILES string of the molecule is COc1ccc(C2CC(c3nc(-c4ccc(OC)c(OC)c4)no3)NN2)cc1. The van der Waals surface area contributed by atoms with E-state index >= 15 is 0 Å². The smallest absolute Gasteiger partial charge is 0.245 e. The summed E-state index contributed by atoms with van der Waals surface area (Å²) in [6.07, 6.45) is 0.792. The number of hydrogen-bond acceptors (Lipinski definition) is 8. The Morgan fingerprint density at radius 2 is 1.64 bits per heavy atom. The highest BCUT2D eigenvalue weighted by atomic mass is 16.5. The maximum atomic E-state index is 5.50. The zero-order valence-corrected chi connectivity index (χ0v) is 15.9. The zero-order chi connectivity index (χ0) is 19.5. The first kappa shape index (κ1) is 18.3. The molecule has 8 nitrogen and oxygen atoms in total. The van der Waals surface area contributed by atoms with Crippen LogP contribution in [0.4, 0.5) is 0 Å². The van der Waals surface area contributed by atoms with Crippen molar-refractivity contribution < 1.29 is 18.7 Å². The molecule has 2 unspecified atom stereocenters. The van der Waals surface area contributed by atoms with Gasteiger partial charge in [-0.2, -0.15) is 4.98 Å². The van der Waals surface area contributed by atoms with Crippen LogP contribution in [0.2, 0.25) is 0 Å². The Morgan fingerprint density at radius 3 is 2.36 bits per heavy atom. The first-order chi connectivity index (χ1) is 13.7. The van der Waals surface area contributed by atoms with E-state index in [0.29, 0.717) is 23.2 Å². The fraction of sp³-hybridized carbons (Fsp3) is 0.300. The van der Waals surface area contributed by atoms with Crippen LogP contribution in [0.1, 0.15) is 30.0 Å². The number of nitrogens with zero attached hydrogens (tertiary/aromatic N) is 2. The lowest BCUT2D eigenvalue weighted by atomic mass is 10.0. The molecule has 1 aliphatic rings. The van der Waals surface area contributed by atoms with Crippen molar-refractivity contribution in [2.24, 2.45) is 0 Å². The highest BCUT2D eigenvalue weighted by molar-refractivity contribution is 5.60. The summed E-state index contributed by atoms with van der Waals surface area (Å²) in [5.41, 5.74) is 8.48. The van der Waals surface area contributed by atoms with Crippen molar-refractivity contribution in [2.45, 2.75) is 18.5 Å². The summed E-state index contributed by atoms with van der Waals surface area (Å²) < 4.78 is 21.3. The number of ether oxygens (including phenoxy) is 3. The van der Waals surface area contributed by atoms with Gasteiger partial charge in [0.15, 0.2) is 11.5 Å². The molecule has 146 valence electrons. The molecular formula is C20H22N4O4. The van der Waals surface area contributed by atoms with Crippen LogP contribution in [0.5, 0.6) is 17.2 Å². The van der Waals surface area contributed by atoms with Gasteiger partial charge in [0.2, 0.25) is 11.7 Å². The van der Waals surface area contributed by atoms with Crippen LogP contribution in [-0.2, 0) is 0 Å². The summed E-state index contributed by atoms with van der Waals surface area (Å²) in [7, 11) is 4.85. The maximum absolute atomic E-state index is 5.50. The Labute approximate surface area is 162 Å². The van der Waals surface area contributed by atoms with Crippen LogP contribution in [0.3, 0.4) is 0 Å². The Balaban J connectivity index is 1.49. The topological polar surface area (TPSA) is 90.7 Å². The molecule has 0 bridgehead atoms. The van der Waals surface area contributed by atoms with Crippen LogP contribution in [-0.4, -0.2) is 31.5 Å². The van der Waals surface area contributed by atoms with E-state index in [1.165, 1.54) is 0 Å². The van der Waals surface area contributed by atoms with Crippen molar-refractivity contribution in [3.63, 3.8) is 0 Å². The van der Waals surface area contributed by atoms with Gasteiger partial charge in [0, 0.05) is 11.6 Å². The Bertz CT molecular complexity index is 942. The van der Waals surface area contributed by atoms with Gasteiger partial charge in [0.05, 0.1) is 21.3 Å². The van der Waals surface area contributed by atoms with Crippen molar-refractivity contribution in [2.75, 3.05) is 21.3 Å². The number of nitrogens with one attached hydrogen (secondary N) is 2. The van der Waals surface area contributed by atoms with Crippen LogP contribution >= 0.6 is 0 Å². The van der Waals surface area contributed by atoms with Crippen LogP contribution in [0.15, 0.2) is 47.0 Å². The summed E-state index contributed by atoms with van der Waals surface area (Å²) in [6, 6.07) is 13.6. The van der Waals surface area contributed by atoms with Gasteiger partial charge in [-0.1, -0.05) is 17.3 Å². The van der Waals surface area contributed by atoms with E-state index in [1.54, 1.807) is 21.3 Å². The van der Waals surface area contributed by atoms with E-state index in [1.807, 2.05) is 42.5 Å². The van der Waals surface area contributed by atoms with Gasteiger partial charge < -0.3 is 18.7 Å². The van der Waals surface area contributed by atoms with Crippen LogP contribution in [0.25, 0.3) is 11.4 Å². The molecule has 0 radical (unpaired) electrons. The fourth-order valence-electron chi connectivity index (χ4n) is 3.24. The van der Waals surface area contributed by atoms with Crippen molar-refractivity contribution >= 4 is 0 Å². The summed E-state index contributed by atoms with van der Waals surface area (Å²) in [5, 5.41) is 4.12. The van der Waals surface area contributed by atoms with E-state index < -0.39 is 0 Å². The number of rotatable bonds is 6. The molecule has 1 aromatic heterocycles. The number of aromatic nitrogens is 2. The van der Waals surface area contributed by atoms with Crippen molar-refractivity contribution in [3.05, 3.63) is 53.9 Å². The summed E-state index contributed by atoms with van der Waals surface area (Å²) in [4.78, 5) is 4.55. The number of hydrogen-bond donors (Lipinski definition) is 2. The molecule has 8 heteroatoms. The van der Waals surface area contributed by atoms with Crippen LogP contribution < -0.4 is 25.1 Å². The molecule has 0 amide bonds. The van der Waals surface area contributed by atoms with Crippen LogP contribution in [0, 0.1) is 0 Å². The van der Waals surface area contributed by atoms with Gasteiger partial charge in [-0.25, -0.2) is 10.9 Å². The largest absolute Gasteiger partial charge is 0.497 e. The highest BCUT2D eigenvalue weighted by Gasteiger charge is 2.30. The third kappa shape index (κ3) is 3.51. The molecule has 2 N–H and O–H groups in total. The first-order valence-electron chi connectivity index (χ1n) is 8.93. The fourth-order valence-corrected chi connectivity index (χ4v) is 3.24. The molecule has 2 aromatic carbocycles. The van der Waals surface area contributed by atoms with Crippen molar-refractivity contribution in [3.8, 4) is 28.6 Å². The molecule has 0 saturated carbocycles. The molecule has 2 heterocycles. The van der Waals surface area contributed by atoms with E-state index in [-0.39, 0.29) is 12.1 Å². The average Bonchev–Trinajstić information content (AvgIpc) is 3.43. The van der Waals surface area contributed by atoms with E-state index in [4.69, 9.17) is 18.7 Å². The van der Waals surface area contributed by atoms with Gasteiger partial charge in [0.25, 0.3) is 0 Å². The Morgan fingerprint density at radius 1 is 0.893 bits per heavy atom. The Hall–Kier alpha value is -3.10. The normalized spacial score (nSPS) is 18.8. The predicted octanol–water partition coefficient (Wildman–Crippen LogP) is 3.04. The molecule has 1 saturated heterocycles. The summed E-state index contributed by atoms with van der Waals surface area (Å²) in [6.45, 7) is 0. The molecular weight excluding hydrogens is 360 g/mol. The van der Waals surface area contributed by atoms with E-state index in [9.17, 15) is 0 Å². The summed E-state index contributed by atoms with van der Waals surface area (Å²) in [5.74, 6) is 3.15. The maximum Gasteiger partial charge on any atom is 0.245 e. The minimum Gasteiger partial charge on any atom is -0.497 e. The highest BCUT2D eigenvalue weighted by Crippen LogP contribution is 2.34. The van der Waals surface area contributed by atoms with Crippen molar-refractivity contribution in [1.29, 1.82) is 0 Å². The monoisotopic (exact) mass is 382 g/mol. The zero-order valence-electron chi connectivity index (χ0n) is 15.9. The number of hydrazine groups is 1. The minimum atomic E-state index is -0.0755. The molecule has 28 heavy (non-hydrogen) atoms. The Kier molecular flexibility index (Phi) is 5.14. The quantitative estimate of drug-likeness (QED) is 0.672. The third-order valence-electron chi connectivity index (χ3n) is 4.80. The van der Waals surface area contributed by atoms with E-state index in [2.05, 4.69) is 21.0 Å². The lowest BCUT2D eigenvalue weighted by Gasteiger charge is -2.09. The molecule has 0 spiro atoms. The molecule has 2 atom stereocenters. The van der Waals surface area contributed by atoms with Gasteiger partial charge in [-0.05, 0) is 42.3 Å². The van der Waals surface area contributed by atoms with Gasteiger partial charge in [-0.3, -0.25) is 0 Å². The third-order valence-corrected chi connectivity index (χ3v) is 4.80. The number of benzene rings is 2. The first-order valence-corrected chi connectivity index (χ1v) is 8.93. The standard InChI is InChI=1S/C20H22N4O4/c1-25-14-7-4-12(5-8-14)15-11-16(23-22-15)20-21-19(24-28-20)13-6-9-17(26-2)18(10-13)27-3/h4-10,15-16,22-23H,11H2,1-3H3. The minimum absolute atomic E-state index is 0.0755. The molecule has 0 aliphatic carbocycles. The predicted molar refractivity (Wildman–Crippen MR) is 102 cm³/mol. The average molecular weight is 382 g/mol. The molecule has 3 aromatic rings. The molecule has 4 rings (SSSR count).